The van der Waals surface area contributed by atoms with E-state index in [9.17, 15) is 4.79 Å². The number of nitrogens with zero attached hydrogens (tertiary/aromatic N) is 4. The van der Waals surface area contributed by atoms with Crippen LogP contribution in [0.5, 0.6) is 0 Å². The summed E-state index contributed by atoms with van der Waals surface area (Å²) in [4.78, 5) is 15.9. The molecule has 0 aliphatic heterocycles. The van der Waals surface area contributed by atoms with Crippen LogP contribution >= 0.6 is 0 Å². The smallest absolute Gasteiger partial charge is 0.246 e. The van der Waals surface area contributed by atoms with Gasteiger partial charge in [0, 0.05) is 37.2 Å². The molecule has 8 nitrogen and oxygen atoms in total. The van der Waals surface area contributed by atoms with Gasteiger partial charge in [-0.15, -0.1) is 0 Å². The van der Waals surface area contributed by atoms with Crippen LogP contribution in [0.4, 0.5) is 0 Å². The van der Waals surface area contributed by atoms with Gasteiger partial charge in [-0.05, 0) is 26.0 Å². The highest BCUT2D eigenvalue weighted by atomic mass is 16.5. The van der Waals surface area contributed by atoms with Crippen molar-refractivity contribution in [3.05, 3.63) is 42.0 Å². The number of aryl methyl sites for hydroxylation is 2. The van der Waals surface area contributed by atoms with Crippen molar-refractivity contribution in [3.8, 4) is 22.6 Å². The fourth-order valence-electron chi connectivity index (χ4n) is 2.62. The standard InChI is InChI=1S/C18H21N5O3/c1-12-4-5-14(9-20-12)18-15(16-8-13(2)22-26-16)10-21-23(18)7-6-19-17(24)11-25-3/h4-5,8-10H,6-7,11H2,1-3H3,(H,19,24). The molecule has 0 bridgehead atoms. The monoisotopic (exact) mass is 355 g/mol. The van der Waals surface area contributed by atoms with E-state index in [2.05, 4.69) is 20.6 Å². The van der Waals surface area contributed by atoms with Crippen molar-refractivity contribution in [1.29, 1.82) is 0 Å². The number of methoxy groups -OCH3 is 1. The number of ether oxygens (including phenoxy) is 1. The van der Waals surface area contributed by atoms with E-state index in [1.54, 1.807) is 12.4 Å². The van der Waals surface area contributed by atoms with E-state index in [1.807, 2.05) is 36.7 Å². The number of amides is 1. The molecule has 8 heteroatoms. The predicted molar refractivity (Wildman–Crippen MR) is 95.3 cm³/mol. The Morgan fingerprint density at radius 3 is 2.77 bits per heavy atom. The summed E-state index contributed by atoms with van der Waals surface area (Å²) >= 11 is 0. The van der Waals surface area contributed by atoms with Crippen molar-refractivity contribution >= 4 is 5.91 Å². The number of carbonyl (C=O) groups excluding carboxylic acids is 1. The van der Waals surface area contributed by atoms with Gasteiger partial charge in [-0.2, -0.15) is 5.10 Å². The zero-order valence-corrected chi connectivity index (χ0v) is 15.0. The molecule has 3 heterocycles. The molecule has 1 N–H and O–H groups in total. The van der Waals surface area contributed by atoms with Gasteiger partial charge in [0.1, 0.15) is 6.61 Å². The molecule has 0 fully saturated rings. The zero-order valence-electron chi connectivity index (χ0n) is 15.0. The SMILES string of the molecule is COCC(=O)NCCn1ncc(-c2cc(C)no2)c1-c1ccc(C)nc1. The summed E-state index contributed by atoms with van der Waals surface area (Å²) in [6.07, 6.45) is 3.55. The fraction of sp³-hybridized carbons (Fsp3) is 0.333. The highest BCUT2D eigenvalue weighted by Gasteiger charge is 2.18. The summed E-state index contributed by atoms with van der Waals surface area (Å²) in [5.41, 5.74) is 4.35. The number of rotatable bonds is 7. The number of aromatic nitrogens is 4. The maximum absolute atomic E-state index is 11.6. The third-order valence-corrected chi connectivity index (χ3v) is 3.84. The Hall–Kier alpha value is -3.00. The van der Waals surface area contributed by atoms with Crippen molar-refractivity contribution in [2.45, 2.75) is 20.4 Å². The molecule has 0 atom stereocenters. The normalized spacial score (nSPS) is 10.9. The predicted octanol–water partition coefficient (Wildman–Crippen LogP) is 1.98. The molecule has 0 saturated heterocycles. The lowest BCUT2D eigenvalue weighted by molar-refractivity contribution is -0.124. The van der Waals surface area contributed by atoms with Crippen LogP contribution in [0.15, 0.2) is 35.1 Å². The lowest BCUT2D eigenvalue weighted by Gasteiger charge is -2.10. The van der Waals surface area contributed by atoms with E-state index < -0.39 is 0 Å². The van der Waals surface area contributed by atoms with Crippen LogP contribution in [0.25, 0.3) is 22.6 Å². The summed E-state index contributed by atoms with van der Waals surface area (Å²) in [6, 6.07) is 5.81. The van der Waals surface area contributed by atoms with Crippen molar-refractivity contribution < 1.29 is 14.1 Å². The summed E-state index contributed by atoms with van der Waals surface area (Å²) in [5, 5.41) is 11.2. The summed E-state index contributed by atoms with van der Waals surface area (Å²) in [5.74, 6) is 0.483. The second kappa shape index (κ2) is 7.92. The van der Waals surface area contributed by atoms with Gasteiger partial charge in [-0.25, -0.2) is 0 Å². The molecule has 0 aromatic carbocycles. The maximum atomic E-state index is 11.6. The minimum Gasteiger partial charge on any atom is -0.375 e. The van der Waals surface area contributed by atoms with Gasteiger partial charge in [0.2, 0.25) is 5.91 Å². The first-order valence-electron chi connectivity index (χ1n) is 8.26. The molecule has 1 amide bonds. The van der Waals surface area contributed by atoms with E-state index in [0.717, 1.165) is 28.2 Å². The molecular weight excluding hydrogens is 334 g/mol. The molecule has 0 aliphatic carbocycles. The van der Waals surface area contributed by atoms with Crippen LogP contribution < -0.4 is 5.32 Å². The largest absolute Gasteiger partial charge is 0.375 e. The fourth-order valence-corrected chi connectivity index (χ4v) is 2.62. The van der Waals surface area contributed by atoms with Crippen LogP contribution in [0, 0.1) is 13.8 Å². The van der Waals surface area contributed by atoms with Gasteiger partial charge in [0.25, 0.3) is 0 Å². The number of carbonyl (C=O) groups is 1. The average Bonchev–Trinajstić information content (AvgIpc) is 3.22. The lowest BCUT2D eigenvalue weighted by Crippen LogP contribution is -2.30. The number of pyridine rings is 1. The maximum Gasteiger partial charge on any atom is 0.246 e. The van der Waals surface area contributed by atoms with Gasteiger partial charge >= 0.3 is 0 Å². The van der Waals surface area contributed by atoms with E-state index >= 15 is 0 Å². The van der Waals surface area contributed by atoms with E-state index in [4.69, 9.17) is 9.26 Å². The second-order valence-corrected chi connectivity index (χ2v) is 5.93. The molecule has 3 aromatic heterocycles. The summed E-state index contributed by atoms with van der Waals surface area (Å²) in [7, 11) is 1.49. The average molecular weight is 355 g/mol. The number of hydrogen-bond donors (Lipinski definition) is 1. The molecule has 3 rings (SSSR count). The van der Waals surface area contributed by atoms with Gasteiger partial charge < -0.3 is 14.6 Å². The molecule has 0 spiro atoms. The molecule has 0 saturated carbocycles. The zero-order chi connectivity index (χ0) is 18.5. The molecule has 0 aliphatic rings. The first kappa shape index (κ1) is 17.8. The van der Waals surface area contributed by atoms with Crippen molar-refractivity contribution in [2.24, 2.45) is 0 Å². The van der Waals surface area contributed by atoms with Crippen molar-refractivity contribution in [1.82, 2.24) is 25.2 Å². The van der Waals surface area contributed by atoms with E-state index in [1.165, 1.54) is 7.11 Å². The van der Waals surface area contributed by atoms with Crippen LogP contribution in [0.2, 0.25) is 0 Å². The Balaban J connectivity index is 1.90. The molecule has 0 unspecified atom stereocenters. The Morgan fingerprint density at radius 2 is 2.12 bits per heavy atom. The Labute approximate surface area is 151 Å². The van der Waals surface area contributed by atoms with Gasteiger partial charge in [-0.3, -0.25) is 14.5 Å². The van der Waals surface area contributed by atoms with Gasteiger partial charge in [0.15, 0.2) is 5.76 Å². The highest BCUT2D eigenvalue weighted by Crippen LogP contribution is 2.32. The van der Waals surface area contributed by atoms with Crippen LogP contribution in [-0.2, 0) is 16.1 Å². The second-order valence-electron chi connectivity index (χ2n) is 5.93. The van der Waals surface area contributed by atoms with Crippen LogP contribution in [-0.4, -0.2) is 46.1 Å². The van der Waals surface area contributed by atoms with Crippen molar-refractivity contribution in [3.63, 3.8) is 0 Å². The number of nitrogens with one attached hydrogen (secondary N) is 1. The first-order chi connectivity index (χ1) is 12.6. The van der Waals surface area contributed by atoms with E-state index in [-0.39, 0.29) is 12.5 Å². The molecular formula is C18H21N5O3. The van der Waals surface area contributed by atoms with E-state index in [0.29, 0.717) is 18.8 Å². The molecule has 0 radical (unpaired) electrons. The molecule has 136 valence electrons. The first-order valence-corrected chi connectivity index (χ1v) is 8.26. The van der Waals surface area contributed by atoms with Gasteiger partial charge in [-0.1, -0.05) is 5.16 Å². The quantitative estimate of drug-likeness (QED) is 0.696. The molecule has 3 aromatic rings. The third kappa shape index (κ3) is 3.97. The number of hydrogen-bond acceptors (Lipinski definition) is 6. The third-order valence-electron chi connectivity index (χ3n) is 3.84. The lowest BCUT2D eigenvalue weighted by atomic mass is 10.1. The van der Waals surface area contributed by atoms with Crippen molar-refractivity contribution in [2.75, 3.05) is 20.3 Å². The summed E-state index contributed by atoms with van der Waals surface area (Å²) < 4.78 is 12.1. The van der Waals surface area contributed by atoms with Crippen LogP contribution in [0.3, 0.4) is 0 Å². The highest BCUT2D eigenvalue weighted by molar-refractivity contribution is 5.78. The Bertz CT molecular complexity index is 883. The van der Waals surface area contributed by atoms with Crippen LogP contribution in [0.1, 0.15) is 11.4 Å². The minimum absolute atomic E-state index is 0.0381. The van der Waals surface area contributed by atoms with Gasteiger partial charge in [0.05, 0.1) is 29.7 Å². The molecule has 26 heavy (non-hydrogen) atoms. The Morgan fingerprint density at radius 1 is 1.27 bits per heavy atom. The topological polar surface area (TPSA) is 95.1 Å². The Kier molecular flexibility index (Phi) is 5.43. The minimum atomic E-state index is -0.163. The summed E-state index contributed by atoms with van der Waals surface area (Å²) in [6.45, 7) is 4.79.